The first-order chi connectivity index (χ1) is 27.5. The van der Waals surface area contributed by atoms with Gasteiger partial charge in [-0.15, -0.1) is 0 Å². The van der Waals surface area contributed by atoms with Crippen LogP contribution in [0.1, 0.15) is 120 Å². The van der Waals surface area contributed by atoms with Crippen LogP contribution in [0.5, 0.6) is 0 Å². The number of aromatic nitrogens is 1. The monoisotopic (exact) mass is 758 g/mol. The smallest absolute Gasteiger partial charge is 0.259 e. The summed E-state index contributed by atoms with van der Waals surface area (Å²) >= 11 is 0. The number of likely N-dealkylation sites (tertiary alicyclic amines) is 1. The topological polar surface area (TPSA) is 99.5 Å². The van der Waals surface area contributed by atoms with E-state index in [1.54, 1.807) is 42.6 Å². The average molecular weight is 759 g/mol. The first-order valence-corrected chi connectivity index (χ1v) is 21.6. The molecule has 56 heavy (non-hydrogen) atoms. The van der Waals surface area contributed by atoms with Crippen LogP contribution in [-0.2, 0) is 9.53 Å². The normalized spacial score (nSPS) is 24.1. The number of fused-ring (bicyclic) bond motifs is 1. The maximum atomic E-state index is 14.3. The number of carbonyl (C=O) groups excluding carboxylic acids is 2. The fourth-order valence-corrected chi connectivity index (χ4v) is 10.0. The van der Waals surface area contributed by atoms with Gasteiger partial charge < -0.3 is 15.0 Å². The zero-order valence-electron chi connectivity index (χ0n) is 33.4. The first-order valence-electron chi connectivity index (χ1n) is 21.6. The van der Waals surface area contributed by atoms with Gasteiger partial charge in [0, 0.05) is 61.1 Å². The second-order valence-corrected chi connectivity index (χ2v) is 16.9. The number of ether oxygens (including phenoxy) is 1. The van der Waals surface area contributed by atoms with E-state index in [0.717, 1.165) is 75.2 Å². The molecule has 2 saturated carbocycles. The Balaban J connectivity index is 0.988. The van der Waals surface area contributed by atoms with E-state index in [1.807, 2.05) is 17.0 Å². The number of amides is 2. The number of aliphatic imine (C=N–C) groups is 2. The zero-order chi connectivity index (χ0) is 38.7. The predicted molar refractivity (Wildman–Crippen MR) is 228 cm³/mol. The van der Waals surface area contributed by atoms with Gasteiger partial charge in [-0.2, -0.15) is 0 Å². The molecule has 7 rings (SSSR count). The molecule has 2 saturated heterocycles. The van der Waals surface area contributed by atoms with E-state index in [2.05, 4.69) is 33.4 Å². The lowest BCUT2D eigenvalue weighted by Gasteiger charge is -2.53. The third-order valence-corrected chi connectivity index (χ3v) is 13.2. The summed E-state index contributed by atoms with van der Waals surface area (Å²) in [6.45, 7) is 11.3. The number of pyridine rings is 1. The molecule has 1 spiro atoms. The van der Waals surface area contributed by atoms with Crippen LogP contribution in [0, 0.1) is 23.2 Å². The van der Waals surface area contributed by atoms with Gasteiger partial charge in [0.15, 0.2) is 5.82 Å². The number of rotatable bonds is 8. The van der Waals surface area contributed by atoms with E-state index >= 15 is 0 Å². The maximum Gasteiger partial charge on any atom is 0.259 e. The van der Waals surface area contributed by atoms with Crippen molar-refractivity contribution in [3.63, 3.8) is 0 Å². The Kier molecular flexibility index (Phi) is 13.7. The fourth-order valence-electron chi connectivity index (χ4n) is 10.0. The van der Waals surface area contributed by atoms with E-state index in [9.17, 15) is 9.59 Å². The van der Waals surface area contributed by atoms with Crippen LogP contribution in [0.3, 0.4) is 0 Å². The summed E-state index contributed by atoms with van der Waals surface area (Å²) in [6.07, 6.45) is 28.6. The summed E-state index contributed by atoms with van der Waals surface area (Å²) in [6, 6.07) is 11.0. The first kappa shape index (κ1) is 39.8. The van der Waals surface area contributed by atoms with Crippen molar-refractivity contribution < 1.29 is 14.3 Å². The van der Waals surface area contributed by atoms with Gasteiger partial charge in [-0.3, -0.25) is 14.5 Å². The lowest BCUT2D eigenvalue weighted by molar-refractivity contribution is -0.112. The highest BCUT2D eigenvalue weighted by Gasteiger charge is 2.46. The van der Waals surface area contributed by atoms with Crippen LogP contribution in [0.15, 0.2) is 89.7 Å². The van der Waals surface area contributed by atoms with E-state index in [1.165, 1.54) is 89.7 Å². The van der Waals surface area contributed by atoms with Gasteiger partial charge in [-0.25, -0.2) is 15.0 Å². The van der Waals surface area contributed by atoms with Gasteiger partial charge in [0.25, 0.3) is 11.8 Å². The van der Waals surface area contributed by atoms with E-state index in [-0.39, 0.29) is 17.2 Å². The molecule has 1 aromatic heterocycles. The molecular formula is C47H62N6O3. The molecule has 5 aliphatic rings. The number of benzene rings is 1. The molecule has 4 heterocycles. The molecule has 0 unspecified atom stereocenters. The standard InChI is InChI=1S/C47H62N6O3/c1-3-15-40(44(48-4-2)52-33-47(34-52)27-30-56-31-28-47)45(54)50-39-25-23-38(24-26-39)46(55)53-32-41(51-43-42(53)22-14-29-49-43)37-20-12-18-36(19-13-21-37)35-16-10-8-6-5-7-9-11-17-35/h3-4,14-15,22-26,29,35-37H,1-2,5-13,16-21,27-28,30-34H2,(H,50,54)/b40-15+,48-44+. The lowest BCUT2D eigenvalue weighted by atomic mass is 9.73. The van der Waals surface area contributed by atoms with Gasteiger partial charge in [0.05, 0.1) is 17.8 Å². The lowest BCUT2D eigenvalue weighted by Crippen LogP contribution is -2.61. The quantitative estimate of drug-likeness (QED) is 0.125. The Morgan fingerprint density at radius 2 is 1.48 bits per heavy atom. The summed E-state index contributed by atoms with van der Waals surface area (Å²) in [5.41, 5.74) is 3.58. The van der Waals surface area contributed by atoms with Crippen molar-refractivity contribution in [1.29, 1.82) is 0 Å². The average Bonchev–Trinajstić information content (AvgIpc) is 3.20. The van der Waals surface area contributed by atoms with Crippen molar-refractivity contribution in [1.82, 2.24) is 9.88 Å². The molecule has 3 aliphatic heterocycles. The predicted octanol–water partition coefficient (Wildman–Crippen LogP) is 10.2. The number of allylic oxidation sites excluding steroid dienone is 2. The maximum absolute atomic E-state index is 14.3. The molecule has 2 aromatic rings. The zero-order valence-corrected chi connectivity index (χ0v) is 33.4. The van der Waals surface area contributed by atoms with Crippen LogP contribution in [-0.4, -0.2) is 66.1 Å². The SMILES string of the molecule is C=C/C=C(C(=O)Nc1ccc(C(=O)N2CC(C3CCCC(C4CCCCCCCCC4)CCC3)=Nc3ncccc32)cc1)\C(=N/C=C)N1CC2(CCOCC2)C1. The van der Waals surface area contributed by atoms with Crippen LogP contribution in [0.4, 0.5) is 17.2 Å². The minimum absolute atomic E-state index is 0.0982. The molecule has 1 N–H and O–H groups in total. The Labute approximate surface area is 334 Å². The van der Waals surface area contributed by atoms with Crippen molar-refractivity contribution in [2.24, 2.45) is 33.2 Å². The Hall–Kier alpha value is -4.37. The van der Waals surface area contributed by atoms with Crippen LogP contribution in [0.25, 0.3) is 0 Å². The molecule has 0 bridgehead atoms. The van der Waals surface area contributed by atoms with E-state index in [4.69, 9.17) is 9.73 Å². The van der Waals surface area contributed by atoms with Crippen molar-refractivity contribution in [2.75, 3.05) is 43.1 Å². The molecule has 2 amide bonds. The van der Waals surface area contributed by atoms with Gasteiger partial charge in [0.1, 0.15) is 5.84 Å². The Bertz CT molecular complexity index is 1760. The number of nitrogens with zero attached hydrogens (tertiary/aromatic N) is 5. The molecule has 0 atom stereocenters. The highest BCUT2D eigenvalue weighted by Crippen LogP contribution is 2.41. The number of hydrogen-bond donors (Lipinski definition) is 1. The molecular weight excluding hydrogens is 697 g/mol. The van der Waals surface area contributed by atoms with E-state index in [0.29, 0.717) is 40.9 Å². The molecule has 9 nitrogen and oxygen atoms in total. The van der Waals surface area contributed by atoms with Crippen molar-refractivity contribution >= 4 is 40.6 Å². The van der Waals surface area contributed by atoms with Crippen molar-refractivity contribution in [2.45, 2.75) is 109 Å². The number of anilines is 2. The number of carbonyl (C=O) groups is 2. The van der Waals surface area contributed by atoms with Gasteiger partial charge in [-0.1, -0.05) is 103 Å². The largest absolute Gasteiger partial charge is 0.381 e. The van der Waals surface area contributed by atoms with E-state index < -0.39 is 0 Å². The second-order valence-electron chi connectivity index (χ2n) is 16.9. The van der Waals surface area contributed by atoms with Crippen molar-refractivity contribution in [3.05, 3.63) is 85.2 Å². The van der Waals surface area contributed by atoms with Crippen molar-refractivity contribution in [3.8, 4) is 0 Å². The van der Waals surface area contributed by atoms with Gasteiger partial charge >= 0.3 is 0 Å². The highest BCUT2D eigenvalue weighted by molar-refractivity contribution is 6.25. The molecule has 9 heteroatoms. The fraction of sp³-hybridized carbons (Fsp3) is 0.553. The molecule has 2 aliphatic carbocycles. The number of nitrogens with one attached hydrogen (secondary N) is 1. The van der Waals surface area contributed by atoms with Crippen LogP contribution >= 0.6 is 0 Å². The summed E-state index contributed by atoms with van der Waals surface area (Å²) in [4.78, 5) is 46.2. The third-order valence-electron chi connectivity index (χ3n) is 13.2. The molecule has 0 radical (unpaired) electrons. The van der Waals surface area contributed by atoms with Gasteiger partial charge in [0.2, 0.25) is 0 Å². The van der Waals surface area contributed by atoms with Crippen LogP contribution < -0.4 is 10.2 Å². The number of amidine groups is 1. The summed E-state index contributed by atoms with van der Waals surface area (Å²) < 4.78 is 5.59. The Morgan fingerprint density at radius 1 is 0.839 bits per heavy atom. The second kappa shape index (κ2) is 19.2. The number of hydrogen-bond acceptors (Lipinski definition) is 6. The molecule has 298 valence electrons. The summed E-state index contributed by atoms with van der Waals surface area (Å²) in [5, 5.41) is 3.03. The summed E-state index contributed by atoms with van der Waals surface area (Å²) in [7, 11) is 0. The molecule has 4 fully saturated rings. The highest BCUT2D eigenvalue weighted by atomic mass is 16.5. The minimum atomic E-state index is -0.296. The molecule has 1 aromatic carbocycles. The Morgan fingerprint density at radius 3 is 2.12 bits per heavy atom. The summed E-state index contributed by atoms with van der Waals surface area (Å²) in [5.74, 6) is 2.92. The van der Waals surface area contributed by atoms with Gasteiger partial charge in [-0.05, 0) is 85.9 Å². The third kappa shape index (κ3) is 9.59. The minimum Gasteiger partial charge on any atom is -0.381 e. The van der Waals surface area contributed by atoms with Crippen LogP contribution in [0.2, 0.25) is 0 Å².